The number of fused-ring (bicyclic) bond motifs is 1. The molecule has 4 rings (SSSR count). The lowest BCUT2D eigenvalue weighted by atomic mass is 9.97. The number of aryl methyl sites for hydroxylation is 2. The van der Waals surface area contributed by atoms with E-state index in [1.165, 1.54) is 5.56 Å². The molecule has 0 aliphatic heterocycles. The largest absolute Gasteiger partial charge is 0.359 e. The molecule has 1 N–H and O–H groups in total. The van der Waals surface area contributed by atoms with Crippen molar-refractivity contribution in [2.24, 2.45) is 0 Å². The first-order valence-electron chi connectivity index (χ1n) is 9.47. The first-order valence-corrected chi connectivity index (χ1v) is 9.84. The standard InChI is InChI=1S/C24H22ClN3/c1-3-17-13-16(2)15-27-24(17)28-23(20-8-4-5-9-21(20)25)19-11-10-18-7-6-12-26-22(18)14-19/h4-15,23H,3H2,1-2H3,(H,27,28). The molecule has 28 heavy (non-hydrogen) atoms. The summed E-state index contributed by atoms with van der Waals surface area (Å²) < 4.78 is 0. The minimum Gasteiger partial charge on any atom is -0.359 e. The normalized spacial score (nSPS) is 12.1. The van der Waals surface area contributed by atoms with Crippen molar-refractivity contribution < 1.29 is 0 Å². The molecule has 0 radical (unpaired) electrons. The molecule has 2 aromatic heterocycles. The van der Waals surface area contributed by atoms with E-state index >= 15 is 0 Å². The molecule has 1 unspecified atom stereocenters. The summed E-state index contributed by atoms with van der Waals surface area (Å²) in [5, 5.41) is 5.49. The Morgan fingerprint density at radius 1 is 1.00 bits per heavy atom. The van der Waals surface area contributed by atoms with Gasteiger partial charge in [-0.2, -0.15) is 0 Å². The minimum absolute atomic E-state index is 0.124. The monoisotopic (exact) mass is 387 g/mol. The second-order valence-corrected chi connectivity index (χ2v) is 7.34. The third-order valence-corrected chi connectivity index (χ3v) is 5.29. The minimum atomic E-state index is -0.124. The van der Waals surface area contributed by atoms with Crippen molar-refractivity contribution in [1.29, 1.82) is 0 Å². The number of benzene rings is 2. The van der Waals surface area contributed by atoms with Gasteiger partial charge in [0.25, 0.3) is 0 Å². The van der Waals surface area contributed by atoms with E-state index in [0.717, 1.165) is 44.9 Å². The second kappa shape index (κ2) is 7.99. The molecule has 0 saturated carbocycles. The predicted molar refractivity (Wildman–Crippen MR) is 117 cm³/mol. The first kappa shape index (κ1) is 18.5. The highest BCUT2D eigenvalue weighted by molar-refractivity contribution is 6.31. The number of hydrogen-bond donors (Lipinski definition) is 1. The molecule has 2 heterocycles. The van der Waals surface area contributed by atoms with E-state index in [-0.39, 0.29) is 6.04 Å². The van der Waals surface area contributed by atoms with Gasteiger partial charge in [-0.3, -0.25) is 4.98 Å². The topological polar surface area (TPSA) is 37.8 Å². The summed E-state index contributed by atoms with van der Waals surface area (Å²) in [5.41, 5.74) is 5.43. The summed E-state index contributed by atoms with van der Waals surface area (Å²) in [7, 11) is 0. The van der Waals surface area contributed by atoms with Gasteiger partial charge in [-0.05, 0) is 53.8 Å². The summed E-state index contributed by atoms with van der Waals surface area (Å²) in [6.45, 7) is 4.21. The zero-order chi connectivity index (χ0) is 19.5. The van der Waals surface area contributed by atoms with Gasteiger partial charge in [-0.15, -0.1) is 0 Å². The molecular formula is C24H22ClN3. The Morgan fingerprint density at radius 3 is 2.68 bits per heavy atom. The molecule has 2 aromatic carbocycles. The van der Waals surface area contributed by atoms with Gasteiger partial charge in [0.2, 0.25) is 0 Å². The van der Waals surface area contributed by atoms with Crippen LogP contribution in [0.3, 0.4) is 0 Å². The Hall–Kier alpha value is -2.91. The van der Waals surface area contributed by atoms with Gasteiger partial charge in [0.05, 0.1) is 11.6 Å². The average molecular weight is 388 g/mol. The SMILES string of the molecule is CCc1cc(C)cnc1NC(c1ccc2cccnc2c1)c1ccccc1Cl. The lowest BCUT2D eigenvalue weighted by molar-refractivity contribution is 0.915. The van der Waals surface area contributed by atoms with Crippen LogP contribution in [0.15, 0.2) is 73.1 Å². The van der Waals surface area contributed by atoms with Crippen LogP contribution in [0.25, 0.3) is 10.9 Å². The van der Waals surface area contributed by atoms with Gasteiger partial charge in [-0.25, -0.2) is 4.98 Å². The summed E-state index contributed by atoms with van der Waals surface area (Å²) in [5.74, 6) is 0.888. The molecule has 0 aliphatic rings. The quantitative estimate of drug-likeness (QED) is 0.433. The Bertz CT molecular complexity index is 1120. The van der Waals surface area contributed by atoms with Crippen LogP contribution in [-0.4, -0.2) is 9.97 Å². The Morgan fingerprint density at radius 2 is 1.86 bits per heavy atom. The number of aromatic nitrogens is 2. The summed E-state index contributed by atoms with van der Waals surface area (Å²) in [6.07, 6.45) is 4.62. The lowest BCUT2D eigenvalue weighted by Crippen LogP contribution is -2.15. The van der Waals surface area contributed by atoms with E-state index in [9.17, 15) is 0 Å². The maximum Gasteiger partial charge on any atom is 0.129 e. The molecule has 0 saturated heterocycles. The summed E-state index contributed by atoms with van der Waals surface area (Å²) >= 11 is 6.58. The van der Waals surface area contributed by atoms with Crippen molar-refractivity contribution in [3.63, 3.8) is 0 Å². The molecule has 4 aromatic rings. The smallest absolute Gasteiger partial charge is 0.129 e. The summed E-state index contributed by atoms with van der Waals surface area (Å²) in [6, 6.07) is 20.4. The van der Waals surface area contributed by atoms with Gasteiger partial charge in [0.15, 0.2) is 0 Å². The zero-order valence-corrected chi connectivity index (χ0v) is 16.7. The molecular weight excluding hydrogens is 366 g/mol. The van der Waals surface area contributed by atoms with E-state index in [1.54, 1.807) is 0 Å². The van der Waals surface area contributed by atoms with Crippen molar-refractivity contribution in [3.8, 4) is 0 Å². The molecule has 0 aliphatic carbocycles. The molecule has 0 amide bonds. The number of anilines is 1. The number of pyridine rings is 2. The number of rotatable bonds is 5. The third kappa shape index (κ3) is 3.71. The van der Waals surface area contributed by atoms with Gasteiger partial charge in [-0.1, -0.05) is 61.0 Å². The van der Waals surface area contributed by atoms with Gasteiger partial charge in [0.1, 0.15) is 5.82 Å². The Balaban J connectivity index is 1.83. The number of hydrogen-bond acceptors (Lipinski definition) is 3. The average Bonchev–Trinajstić information content (AvgIpc) is 2.73. The lowest BCUT2D eigenvalue weighted by Gasteiger charge is -2.23. The Kier molecular flexibility index (Phi) is 5.27. The van der Waals surface area contributed by atoms with E-state index in [0.29, 0.717) is 0 Å². The van der Waals surface area contributed by atoms with Crippen LogP contribution >= 0.6 is 11.6 Å². The van der Waals surface area contributed by atoms with Crippen molar-refractivity contribution in [3.05, 3.63) is 100 Å². The van der Waals surface area contributed by atoms with E-state index in [2.05, 4.69) is 65.5 Å². The van der Waals surface area contributed by atoms with Crippen LogP contribution in [-0.2, 0) is 6.42 Å². The van der Waals surface area contributed by atoms with Crippen molar-refractivity contribution in [1.82, 2.24) is 9.97 Å². The Labute approximate surface area is 170 Å². The van der Waals surface area contributed by atoms with Crippen LogP contribution in [0.1, 0.15) is 35.2 Å². The zero-order valence-electron chi connectivity index (χ0n) is 16.0. The highest BCUT2D eigenvalue weighted by Crippen LogP contribution is 2.33. The molecule has 1 atom stereocenters. The highest BCUT2D eigenvalue weighted by atomic mass is 35.5. The maximum absolute atomic E-state index is 6.58. The number of halogens is 1. The van der Waals surface area contributed by atoms with Gasteiger partial charge >= 0.3 is 0 Å². The maximum atomic E-state index is 6.58. The van der Waals surface area contributed by atoms with Crippen LogP contribution in [0.5, 0.6) is 0 Å². The predicted octanol–water partition coefficient (Wildman–Crippen LogP) is 6.36. The fraction of sp³-hybridized carbons (Fsp3) is 0.167. The summed E-state index contributed by atoms with van der Waals surface area (Å²) in [4.78, 5) is 9.18. The van der Waals surface area contributed by atoms with Crippen LogP contribution in [0.2, 0.25) is 5.02 Å². The third-order valence-electron chi connectivity index (χ3n) is 4.94. The van der Waals surface area contributed by atoms with E-state index in [1.807, 2.05) is 36.7 Å². The molecule has 140 valence electrons. The molecule has 0 spiro atoms. The van der Waals surface area contributed by atoms with Crippen LogP contribution in [0, 0.1) is 6.92 Å². The second-order valence-electron chi connectivity index (χ2n) is 6.93. The highest BCUT2D eigenvalue weighted by Gasteiger charge is 2.19. The number of nitrogens with one attached hydrogen (secondary N) is 1. The fourth-order valence-electron chi connectivity index (χ4n) is 3.48. The first-order chi connectivity index (χ1) is 13.7. The van der Waals surface area contributed by atoms with Crippen LogP contribution < -0.4 is 5.32 Å². The molecule has 3 nitrogen and oxygen atoms in total. The van der Waals surface area contributed by atoms with Crippen molar-refractivity contribution in [2.75, 3.05) is 5.32 Å². The van der Waals surface area contributed by atoms with Crippen LogP contribution in [0.4, 0.5) is 5.82 Å². The number of nitrogens with zero attached hydrogens (tertiary/aromatic N) is 2. The van der Waals surface area contributed by atoms with Gasteiger partial charge in [0, 0.05) is 22.8 Å². The van der Waals surface area contributed by atoms with Crippen molar-refractivity contribution in [2.45, 2.75) is 26.3 Å². The molecule has 0 bridgehead atoms. The van der Waals surface area contributed by atoms with Gasteiger partial charge < -0.3 is 5.32 Å². The van der Waals surface area contributed by atoms with E-state index in [4.69, 9.17) is 11.6 Å². The van der Waals surface area contributed by atoms with E-state index < -0.39 is 0 Å². The molecule has 0 fully saturated rings. The van der Waals surface area contributed by atoms with Crippen molar-refractivity contribution >= 4 is 28.3 Å². The fourth-order valence-corrected chi connectivity index (χ4v) is 3.72. The molecule has 4 heteroatoms.